The number of benzene rings is 1. The minimum absolute atomic E-state index is 0.216. The number of carbonyl (C=O) groups is 1. The summed E-state index contributed by atoms with van der Waals surface area (Å²) in [6.07, 6.45) is 3.44. The lowest BCUT2D eigenvalue weighted by Gasteiger charge is -2.09. The molecule has 0 aliphatic heterocycles. The Balaban J connectivity index is 2.02. The highest BCUT2D eigenvalue weighted by atomic mass is 16.5. The third kappa shape index (κ3) is 2.68. The Kier molecular flexibility index (Phi) is 3.61. The number of rotatable bonds is 3. The molecule has 0 atom stereocenters. The van der Waals surface area contributed by atoms with E-state index in [2.05, 4.69) is 10.4 Å². The van der Waals surface area contributed by atoms with Crippen molar-refractivity contribution < 1.29 is 9.53 Å². The number of anilines is 1. The quantitative estimate of drug-likeness (QED) is 0.795. The van der Waals surface area contributed by atoms with E-state index < -0.39 is 5.91 Å². The van der Waals surface area contributed by atoms with Crippen molar-refractivity contribution >= 4 is 22.5 Å². The Morgan fingerprint density at radius 3 is 2.83 bits per heavy atom. The zero-order chi connectivity index (χ0) is 16.6. The van der Waals surface area contributed by atoms with Crippen LogP contribution in [-0.2, 0) is 14.1 Å². The lowest BCUT2D eigenvalue weighted by atomic mass is 10.1. The summed E-state index contributed by atoms with van der Waals surface area (Å²) < 4.78 is 8.35. The molecule has 0 saturated carbocycles. The Labute approximate surface area is 132 Å². The first-order valence-electron chi connectivity index (χ1n) is 6.98. The van der Waals surface area contributed by atoms with Crippen molar-refractivity contribution in [2.45, 2.75) is 0 Å². The van der Waals surface area contributed by atoms with Crippen LogP contribution in [0.2, 0.25) is 0 Å². The summed E-state index contributed by atoms with van der Waals surface area (Å²) in [5, 5.41) is 7.74. The van der Waals surface area contributed by atoms with Gasteiger partial charge >= 0.3 is 0 Å². The molecule has 7 heteroatoms. The summed E-state index contributed by atoms with van der Waals surface area (Å²) in [5.41, 5.74) is 1.02. The van der Waals surface area contributed by atoms with Gasteiger partial charge < -0.3 is 14.6 Å². The molecule has 23 heavy (non-hydrogen) atoms. The number of pyridine rings is 1. The number of methoxy groups -OCH3 is 1. The highest BCUT2D eigenvalue weighted by Crippen LogP contribution is 2.25. The lowest BCUT2D eigenvalue weighted by Crippen LogP contribution is -2.23. The van der Waals surface area contributed by atoms with Crippen molar-refractivity contribution in [1.29, 1.82) is 0 Å². The summed E-state index contributed by atoms with van der Waals surface area (Å²) >= 11 is 0. The van der Waals surface area contributed by atoms with E-state index in [-0.39, 0.29) is 11.2 Å². The third-order valence-electron chi connectivity index (χ3n) is 3.56. The van der Waals surface area contributed by atoms with Crippen molar-refractivity contribution in [2.75, 3.05) is 12.4 Å². The Morgan fingerprint density at radius 2 is 2.09 bits per heavy atom. The maximum Gasteiger partial charge on any atom is 0.274 e. The van der Waals surface area contributed by atoms with Gasteiger partial charge in [0, 0.05) is 37.9 Å². The molecule has 0 unspecified atom stereocenters. The summed E-state index contributed by atoms with van der Waals surface area (Å²) in [6.45, 7) is 0. The second-order valence-corrected chi connectivity index (χ2v) is 5.21. The monoisotopic (exact) mass is 312 g/mol. The van der Waals surface area contributed by atoms with Crippen molar-refractivity contribution in [3.05, 3.63) is 52.6 Å². The standard InChI is InChI=1S/C16H16N4O3/c1-19-6-4-5-12(16(19)22)17-15(21)11-7-10-9-20(2)18-13(10)8-14(11)23-3/h4-9H,1-3H3,(H,17,21). The van der Waals surface area contributed by atoms with Crippen LogP contribution in [0.4, 0.5) is 5.69 Å². The molecule has 1 aromatic carbocycles. The van der Waals surface area contributed by atoms with Gasteiger partial charge in [-0.15, -0.1) is 0 Å². The zero-order valence-corrected chi connectivity index (χ0v) is 13.0. The number of carbonyl (C=O) groups excluding carboxylic acids is 1. The molecule has 0 saturated heterocycles. The van der Waals surface area contributed by atoms with Crippen LogP contribution in [0.3, 0.4) is 0 Å². The molecule has 0 radical (unpaired) electrons. The molecule has 3 rings (SSSR count). The second kappa shape index (κ2) is 5.60. The normalized spacial score (nSPS) is 10.7. The van der Waals surface area contributed by atoms with Crippen LogP contribution < -0.4 is 15.6 Å². The van der Waals surface area contributed by atoms with E-state index in [4.69, 9.17) is 4.74 Å². The average Bonchev–Trinajstić information content (AvgIpc) is 2.89. The number of aryl methyl sites for hydroxylation is 2. The van der Waals surface area contributed by atoms with Gasteiger partial charge in [0.15, 0.2) is 0 Å². The van der Waals surface area contributed by atoms with Gasteiger partial charge in [-0.05, 0) is 18.2 Å². The predicted molar refractivity (Wildman–Crippen MR) is 86.9 cm³/mol. The first-order chi connectivity index (χ1) is 11.0. The van der Waals surface area contributed by atoms with Crippen LogP contribution in [0.1, 0.15) is 10.4 Å². The number of hydrogen-bond acceptors (Lipinski definition) is 4. The van der Waals surface area contributed by atoms with Gasteiger partial charge in [-0.1, -0.05) is 0 Å². The van der Waals surface area contributed by atoms with E-state index in [9.17, 15) is 9.59 Å². The molecule has 3 aromatic rings. The number of nitrogens with zero attached hydrogens (tertiary/aromatic N) is 3. The van der Waals surface area contributed by atoms with E-state index in [0.717, 1.165) is 10.9 Å². The minimum Gasteiger partial charge on any atom is -0.496 e. The molecule has 7 nitrogen and oxygen atoms in total. The maximum atomic E-state index is 12.5. The Morgan fingerprint density at radius 1 is 1.30 bits per heavy atom. The molecule has 0 bridgehead atoms. The smallest absolute Gasteiger partial charge is 0.274 e. The first-order valence-corrected chi connectivity index (χ1v) is 6.98. The molecule has 1 N–H and O–H groups in total. The second-order valence-electron chi connectivity index (χ2n) is 5.21. The van der Waals surface area contributed by atoms with E-state index in [1.54, 1.807) is 49.2 Å². The van der Waals surface area contributed by atoms with Gasteiger partial charge in [-0.25, -0.2) is 0 Å². The number of ether oxygens (including phenoxy) is 1. The van der Waals surface area contributed by atoms with E-state index in [0.29, 0.717) is 11.3 Å². The fourth-order valence-electron chi connectivity index (χ4n) is 2.40. The molecule has 0 aliphatic rings. The maximum absolute atomic E-state index is 12.5. The number of amides is 1. The van der Waals surface area contributed by atoms with Gasteiger partial charge in [0.1, 0.15) is 11.4 Å². The Hall–Kier alpha value is -3.09. The molecule has 2 heterocycles. The predicted octanol–water partition coefficient (Wildman–Crippen LogP) is 1.53. The topological polar surface area (TPSA) is 78.2 Å². The highest BCUT2D eigenvalue weighted by Gasteiger charge is 2.16. The van der Waals surface area contributed by atoms with Crippen LogP contribution >= 0.6 is 0 Å². The Bertz CT molecular complexity index is 956. The fraction of sp³-hybridized carbons (Fsp3) is 0.188. The third-order valence-corrected chi connectivity index (χ3v) is 3.56. The molecule has 2 aromatic heterocycles. The van der Waals surface area contributed by atoms with E-state index >= 15 is 0 Å². The number of fused-ring (bicyclic) bond motifs is 1. The molecule has 1 amide bonds. The van der Waals surface area contributed by atoms with E-state index in [1.165, 1.54) is 11.7 Å². The van der Waals surface area contributed by atoms with Crippen molar-refractivity contribution in [3.8, 4) is 5.75 Å². The molecular weight excluding hydrogens is 296 g/mol. The summed E-state index contributed by atoms with van der Waals surface area (Å²) in [7, 11) is 4.92. The van der Waals surface area contributed by atoms with Gasteiger partial charge in [-0.2, -0.15) is 5.10 Å². The molecular formula is C16H16N4O3. The summed E-state index contributed by atoms with van der Waals surface area (Å²) in [4.78, 5) is 24.6. The van der Waals surface area contributed by atoms with Gasteiger partial charge in [0.25, 0.3) is 11.5 Å². The lowest BCUT2D eigenvalue weighted by molar-refractivity contribution is 0.102. The van der Waals surface area contributed by atoms with Gasteiger partial charge in [-0.3, -0.25) is 14.3 Å². The molecule has 0 fully saturated rings. The SMILES string of the molecule is COc1cc2nn(C)cc2cc1C(=O)Nc1cccn(C)c1=O. The average molecular weight is 312 g/mol. The van der Waals surface area contributed by atoms with Crippen molar-refractivity contribution in [2.24, 2.45) is 14.1 Å². The number of nitrogens with one attached hydrogen (secondary N) is 1. The first kappa shape index (κ1) is 14.8. The van der Waals surface area contributed by atoms with Crippen LogP contribution in [0.25, 0.3) is 10.9 Å². The summed E-state index contributed by atoms with van der Waals surface area (Å²) in [6, 6.07) is 6.66. The van der Waals surface area contributed by atoms with Crippen LogP contribution in [0.15, 0.2) is 41.5 Å². The fourth-order valence-corrected chi connectivity index (χ4v) is 2.40. The van der Waals surface area contributed by atoms with E-state index in [1.807, 2.05) is 6.20 Å². The molecule has 0 spiro atoms. The van der Waals surface area contributed by atoms with Gasteiger partial charge in [0.05, 0.1) is 18.2 Å². The molecule has 0 aliphatic carbocycles. The van der Waals surface area contributed by atoms with Crippen molar-refractivity contribution in [3.63, 3.8) is 0 Å². The molecule has 118 valence electrons. The minimum atomic E-state index is -0.407. The van der Waals surface area contributed by atoms with Gasteiger partial charge in [0.2, 0.25) is 0 Å². The van der Waals surface area contributed by atoms with Crippen LogP contribution in [0, 0.1) is 0 Å². The van der Waals surface area contributed by atoms with Crippen molar-refractivity contribution in [1.82, 2.24) is 14.3 Å². The largest absolute Gasteiger partial charge is 0.496 e. The number of aromatic nitrogens is 3. The van der Waals surface area contributed by atoms with Crippen LogP contribution in [0.5, 0.6) is 5.75 Å². The summed E-state index contributed by atoms with van der Waals surface area (Å²) in [5.74, 6) is -0.00245. The zero-order valence-electron chi connectivity index (χ0n) is 13.0. The van der Waals surface area contributed by atoms with Crippen LogP contribution in [-0.4, -0.2) is 27.4 Å². The number of hydrogen-bond donors (Lipinski definition) is 1. The highest BCUT2D eigenvalue weighted by molar-refractivity contribution is 6.08.